The fourth-order valence-electron chi connectivity index (χ4n) is 1.89. The van der Waals surface area contributed by atoms with Gasteiger partial charge in [0.1, 0.15) is 0 Å². The van der Waals surface area contributed by atoms with E-state index >= 15 is 0 Å². The van der Waals surface area contributed by atoms with Gasteiger partial charge in [-0.3, -0.25) is 0 Å². The number of rotatable bonds is 11. The summed E-state index contributed by atoms with van der Waals surface area (Å²) in [5.41, 5.74) is 1.03. The molecule has 0 aliphatic carbocycles. The number of nitrogens with one attached hydrogen (secondary N) is 1. The minimum atomic E-state index is 0.581. The SMILES string of the molecule is CCOCCCn1cc(C)nc1NCCOCC(C)C. The van der Waals surface area contributed by atoms with Gasteiger partial charge in [-0.15, -0.1) is 0 Å². The summed E-state index contributed by atoms with van der Waals surface area (Å²) in [4.78, 5) is 4.50. The Balaban J connectivity index is 2.29. The van der Waals surface area contributed by atoms with Gasteiger partial charge in [0, 0.05) is 39.1 Å². The molecule has 0 aromatic carbocycles. The van der Waals surface area contributed by atoms with Crippen molar-refractivity contribution in [1.29, 1.82) is 0 Å². The third kappa shape index (κ3) is 6.91. The molecular formula is C15H29N3O2. The highest BCUT2D eigenvalue weighted by atomic mass is 16.5. The molecule has 0 bridgehead atoms. The molecule has 5 heteroatoms. The maximum absolute atomic E-state index is 5.56. The topological polar surface area (TPSA) is 48.3 Å². The zero-order chi connectivity index (χ0) is 14.8. The van der Waals surface area contributed by atoms with Gasteiger partial charge in [0.05, 0.1) is 12.3 Å². The second-order valence-electron chi connectivity index (χ2n) is 5.35. The summed E-state index contributed by atoms with van der Waals surface area (Å²) < 4.78 is 13.1. The van der Waals surface area contributed by atoms with Gasteiger partial charge in [-0.2, -0.15) is 0 Å². The Kier molecular flexibility index (Phi) is 8.30. The first kappa shape index (κ1) is 17.0. The first-order valence-electron chi connectivity index (χ1n) is 7.56. The van der Waals surface area contributed by atoms with Crippen LogP contribution in [0.25, 0.3) is 0 Å². The van der Waals surface area contributed by atoms with Crippen LogP contribution in [0.2, 0.25) is 0 Å². The Hall–Kier alpha value is -1.07. The summed E-state index contributed by atoms with van der Waals surface area (Å²) in [5, 5.41) is 3.33. The van der Waals surface area contributed by atoms with Crippen molar-refractivity contribution in [2.45, 2.75) is 40.7 Å². The van der Waals surface area contributed by atoms with Crippen molar-refractivity contribution in [2.75, 3.05) is 38.3 Å². The fourth-order valence-corrected chi connectivity index (χ4v) is 1.89. The van der Waals surface area contributed by atoms with Crippen LogP contribution in [0.4, 0.5) is 5.95 Å². The quantitative estimate of drug-likeness (QED) is 0.634. The summed E-state index contributed by atoms with van der Waals surface area (Å²) in [6.07, 6.45) is 3.07. The molecule has 0 saturated carbocycles. The van der Waals surface area contributed by atoms with Crippen LogP contribution in [0.1, 0.15) is 32.9 Å². The van der Waals surface area contributed by atoms with E-state index in [1.165, 1.54) is 0 Å². The van der Waals surface area contributed by atoms with Crippen molar-refractivity contribution in [3.63, 3.8) is 0 Å². The van der Waals surface area contributed by atoms with Crippen molar-refractivity contribution in [2.24, 2.45) is 5.92 Å². The van der Waals surface area contributed by atoms with Gasteiger partial charge >= 0.3 is 0 Å². The van der Waals surface area contributed by atoms with Crippen LogP contribution < -0.4 is 5.32 Å². The first-order valence-corrected chi connectivity index (χ1v) is 7.56. The molecule has 0 aliphatic heterocycles. The van der Waals surface area contributed by atoms with Crippen molar-refractivity contribution in [3.8, 4) is 0 Å². The van der Waals surface area contributed by atoms with E-state index in [0.717, 1.165) is 51.0 Å². The largest absolute Gasteiger partial charge is 0.382 e. The lowest BCUT2D eigenvalue weighted by Gasteiger charge is -2.11. The predicted octanol–water partition coefficient (Wildman–Crippen LogP) is 2.70. The van der Waals surface area contributed by atoms with Crippen LogP contribution in [0, 0.1) is 12.8 Å². The van der Waals surface area contributed by atoms with Crippen molar-refractivity contribution in [1.82, 2.24) is 9.55 Å². The summed E-state index contributed by atoms with van der Waals surface area (Å²) in [6.45, 7) is 13.2. The van der Waals surface area contributed by atoms with E-state index in [1.807, 2.05) is 13.8 Å². The molecule has 116 valence electrons. The molecule has 0 amide bonds. The molecule has 1 heterocycles. The average Bonchev–Trinajstić information content (AvgIpc) is 2.74. The second-order valence-corrected chi connectivity index (χ2v) is 5.35. The molecule has 5 nitrogen and oxygen atoms in total. The third-order valence-electron chi connectivity index (χ3n) is 2.77. The van der Waals surface area contributed by atoms with Gasteiger partial charge < -0.3 is 19.4 Å². The Bertz CT molecular complexity index is 364. The van der Waals surface area contributed by atoms with Gasteiger partial charge in [-0.05, 0) is 26.2 Å². The average molecular weight is 283 g/mol. The van der Waals surface area contributed by atoms with Gasteiger partial charge in [-0.25, -0.2) is 4.98 Å². The van der Waals surface area contributed by atoms with Crippen LogP contribution >= 0.6 is 0 Å². The minimum Gasteiger partial charge on any atom is -0.382 e. The van der Waals surface area contributed by atoms with Crippen LogP contribution in [-0.4, -0.2) is 42.5 Å². The van der Waals surface area contributed by atoms with E-state index in [0.29, 0.717) is 12.5 Å². The molecule has 20 heavy (non-hydrogen) atoms. The second kappa shape index (κ2) is 9.77. The molecule has 0 radical (unpaired) electrons. The van der Waals surface area contributed by atoms with E-state index in [4.69, 9.17) is 9.47 Å². The van der Waals surface area contributed by atoms with E-state index in [-0.39, 0.29) is 0 Å². The smallest absolute Gasteiger partial charge is 0.203 e. The molecule has 1 aromatic heterocycles. The number of imidazole rings is 1. The number of anilines is 1. The Morgan fingerprint density at radius 3 is 2.80 bits per heavy atom. The molecule has 0 unspecified atom stereocenters. The summed E-state index contributed by atoms with van der Waals surface area (Å²) >= 11 is 0. The molecule has 0 aliphatic rings. The number of hydrogen-bond acceptors (Lipinski definition) is 4. The van der Waals surface area contributed by atoms with Crippen LogP contribution in [-0.2, 0) is 16.0 Å². The maximum atomic E-state index is 5.56. The van der Waals surface area contributed by atoms with E-state index in [9.17, 15) is 0 Å². The van der Waals surface area contributed by atoms with Crippen LogP contribution in [0.15, 0.2) is 6.20 Å². The molecule has 0 atom stereocenters. The summed E-state index contributed by atoms with van der Waals surface area (Å²) in [5.74, 6) is 1.50. The third-order valence-corrected chi connectivity index (χ3v) is 2.77. The summed E-state index contributed by atoms with van der Waals surface area (Å²) in [6, 6.07) is 0. The van der Waals surface area contributed by atoms with E-state index < -0.39 is 0 Å². The molecular weight excluding hydrogens is 254 g/mol. The number of aromatic nitrogens is 2. The van der Waals surface area contributed by atoms with Crippen LogP contribution in [0.5, 0.6) is 0 Å². The number of ether oxygens (including phenoxy) is 2. The number of nitrogens with zero attached hydrogens (tertiary/aromatic N) is 2. The standard InChI is InChI=1S/C15H29N3O2/c1-5-19-9-6-8-18-11-14(4)17-15(18)16-7-10-20-12-13(2)3/h11,13H,5-10,12H2,1-4H3,(H,16,17). The van der Waals surface area contributed by atoms with Crippen molar-refractivity contribution in [3.05, 3.63) is 11.9 Å². The molecule has 0 spiro atoms. The number of aryl methyl sites for hydroxylation is 2. The zero-order valence-corrected chi connectivity index (χ0v) is 13.3. The molecule has 1 N–H and O–H groups in total. The molecule has 1 rings (SSSR count). The molecule has 0 saturated heterocycles. The van der Waals surface area contributed by atoms with Crippen molar-refractivity contribution >= 4 is 5.95 Å². The summed E-state index contributed by atoms with van der Waals surface area (Å²) in [7, 11) is 0. The monoisotopic (exact) mass is 283 g/mol. The molecule has 1 aromatic rings. The lowest BCUT2D eigenvalue weighted by molar-refractivity contribution is 0.118. The van der Waals surface area contributed by atoms with E-state index in [1.54, 1.807) is 0 Å². The maximum Gasteiger partial charge on any atom is 0.203 e. The highest BCUT2D eigenvalue weighted by Gasteiger charge is 2.04. The highest BCUT2D eigenvalue weighted by molar-refractivity contribution is 5.28. The van der Waals surface area contributed by atoms with E-state index in [2.05, 4.69) is 34.9 Å². The van der Waals surface area contributed by atoms with Gasteiger partial charge in [0.2, 0.25) is 5.95 Å². The first-order chi connectivity index (χ1) is 9.63. The van der Waals surface area contributed by atoms with Gasteiger partial charge in [0.15, 0.2) is 0 Å². The normalized spacial score (nSPS) is 11.2. The Morgan fingerprint density at radius 1 is 1.30 bits per heavy atom. The van der Waals surface area contributed by atoms with Crippen molar-refractivity contribution < 1.29 is 9.47 Å². The lowest BCUT2D eigenvalue weighted by Crippen LogP contribution is -2.15. The van der Waals surface area contributed by atoms with Gasteiger partial charge in [-0.1, -0.05) is 13.8 Å². The van der Waals surface area contributed by atoms with Crippen LogP contribution in [0.3, 0.4) is 0 Å². The predicted molar refractivity (Wildman–Crippen MR) is 82.2 cm³/mol. The Labute approximate surface area is 122 Å². The highest BCUT2D eigenvalue weighted by Crippen LogP contribution is 2.09. The zero-order valence-electron chi connectivity index (χ0n) is 13.3. The fraction of sp³-hybridized carbons (Fsp3) is 0.800. The minimum absolute atomic E-state index is 0.581. The lowest BCUT2D eigenvalue weighted by atomic mass is 10.2. The number of hydrogen-bond donors (Lipinski definition) is 1. The molecule has 0 fully saturated rings. The Morgan fingerprint density at radius 2 is 2.10 bits per heavy atom. The van der Waals surface area contributed by atoms with Gasteiger partial charge in [0.25, 0.3) is 0 Å².